The van der Waals surface area contributed by atoms with Crippen LogP contribution in [0.2, 0.25) is 0 Å². The molecule has 0 unspecified atom stereocenters. The van der Waals surface area contributed by atoms with Crippen LogP contribution in [-0.2, 0) is 0 Å². The monoisotopic (exact) mass is 287 g/mol. The highest BCUT2D eigenvalue weighted by Crippen LogP contribution is 2.23. The number of nitrogens with zero attached hydrogens (tertiary/aromatic N) is 2. The lowest BCUT2D eigenvalue weighted by Crippen LogP contribution is -2.17. The molecule has 0 aliphatic heterocycles. The zero-order valence-corrected chi connectivity index (χ0v) is 11.2. The van der Waals surface area contributed by atoms with Crippen LogP contribution >= 0.6 is 0 Å². The van der Waals surface area contributed by atoms with E-state index < -0.39 is 10.8 Å². The number of carbonyl (C=O) groups excluding carboxylic acids is 1. The highest BCUT2D eigenvalue weighted by molar-refractivity contribution is 6.07. The van der Waals surface area contributed by atoms with Crippen LogP contribution in [0.15, 0.2) is 36.7 Å². The molecule has 8 heteroatoms. The Bertz CT molecular complexity index is 702. The lowest BCUT2D eigenvalue weighted by molar-refractivity contribution is -0.385. The summed E-state index contributed by atoms with van der Waals surface area (Å²) in [5.74, 6) is 4.85. The molecule has 2 rings (SSSR count). The van der Waals surface area contributed by atoms with Gasteiger partial charge in [-0.2, -0.15) is 0 Å². The number of hydrogen-bond donors (Lipinski definition) is 3. The molecule has 1 aromatic carbocycles. The normalized spacial score (nSPS) is 10.0. The van der Waals surface area contributed by atoms with Crippen molar-refractivity contribution in [3.8, 4) is 0 Å². The number of aryl methyl sites for hydroxylation is 1. The van der Waals surface area contributed by atoms with Gasteiger partial charge >= 0.3 is 0 Å². The number of anilines is 2. The van der Waals surface area contributed by atoms with E-state index >= 15 is 0 Å². The van der Waals surface area contributed by atoms with E-state index in [1.54, 1.807) is 25.1 Å². The maximum atomic E-state index is 12.1. The largest absolute Gasteiger partial charge is 0.323 e. The van der Waals surface area contributed by atoms with Gasteiger partial charge in [0.05, 0.1) is 16.2 Å². The first-order valence-corrected chi connectivity index (χ1v) is 6.00. The highest BCUT2D eigenvalue weighted by atomic mass is 16.6. The fourth-order valence-electron chi connectivity index (χ4n) is 1.78. The number of hydrogen-bond acceptors (Lipinski definition) is 6. The van der Waals surface area contributed by atoms with Crippen LogP contribution in [0.5, 0.6) is 0 Å². The molecule has 2 aromatic rings. The molecule has 8 nitrogen and oxygen atoms in total. The molecule has 0 saturated heterocycles. The number of nitro benzene ring substituents is 1. The van der Waals surface area contributed by atoms with Crippen LogP contribution < -0.4 is 16.6 Å². The van der Waals surface area contributed by atoms with Gasteiger partial charge < -0.3 is 10.7 Å². The van der Waals surface area contributed by atoms with Crippen LogP contribution in [0, 0.1) is 17.0 Å². The van der Waals surface area contributed by atoms with Crippen molar-refractivity contribution in [1.29, 1.82) is 0 Å². The molecule has 1 heterocycles. The van der Waals surface area contributed by atoms with Gasteiger partial charge in [-0.25, -0.2) is 0 Å². The molecule has 0 radical (unpaired) electrons. The molecule has 1 aromatic heterocycles. The summed E-state index contributed by atoms with van der Waals surface area (Å²) in [4.78, 5) is 26.4. The zero-order valence-electron chi connectivity index (χ0n) is 11.2. The summed E-state index contributed by atoms with van der Waals surface area (Å²) in [7, 11) is 0. The minimum absolute atomic E-state index is 0.0591. The lowest BCUT2D eigenvalue weighted by atomic mass is 10.1. The Morgan fingerprint density at radius 1 is 1.38 bits per heavy atom. The number of benzene rings is 1. The minimum atomic E-state index is -0.498. The Kier molecular flexibility index (Phi) is 4.10. The van der Waals surface area contributed by atoms with Crippen molar-refractivity contribution < 1.29 is 9.72 Å². The van der Waals surface area contributed by atoms with Crippen molar-refractivity contribution >= 4 is 23.0 Å². The van der Waals surface area contributed by atoms with E-state index in [0.29, 0.717) is 16.9 Å². The van der Waals surface area contributed by atoms with Crippen molar-refractivity contribution in [3.05, 3.63) is 57.9 Å². The molecular formula is C13H13N5O3. The van der Waals surface area contributed by atoms with Gasteiger partial charge in [0.1, 0.15) is 0 Å². The smallest absolute Gasteiger partial charge is 0.274 e. The van der Waals surface area contributed by atoms with Gasteiger partial charge in [-0.15, -0.1) is 0 Å². The third kappa shape index (κ3) is 3.12. The Labute approximate surface area is 120 Å². The summed E-state index contributed by atoms with van der Waals surface area (Å²) in [6.45, 7) is 1.63. The molecule has 0 atom stereocenters. The van der Waals surface area contributed by atoms with Crippen LogP contribution in [0.1, 0.15) is 15.9 Å². The summed E-state index contributed by atoms with van der Waals surface area (Å²) in [5, 5.41) is 13.5. The standard InChI is InChI=1S/C13H13N5O3/c1-8-2-3-9(6-12(8)18(20)21)16-13(19)10-7-15-5-4-11(10)17-14/h2-7H,14H2,1H3,(H,15,17)(H,16,19). The van der Waals surface area contributed by atoms with E-state index in [1.165, 1.54) is 18.5 Å². The molecule has 0 fully saturated rings. The van der Waals surface area contributed by atoms with Gasteiger partial charge in [0.2, 0.25) is 0 Å². The van der Waals surface area contributed by atoms with Gasteiger partial charge in [0.15, 0.2) is 0 Å². The van der Waals surface area contributed by atoms with Gasteiger partial charge in [0, 0.05) is 29.7 Å². The van der Waals surface area contributed by atoms with Crippen LogP contribution in [0.3, 0.4) is 0 Å². The van der Waals surface area contributed by atoms with E-state index in [4.69, 9.17) is 5.84 Å². The summed E-state index contributed by atoms with van der Waals surface area (Å²) in [6.07, 6.45) is 2.84. The predicted molar refractivity (Wildman–Crippen MR) is 77.8 cm³/mol. The number of nitrogens with two attached hydrogens (primary N) is 1. The van der Waals surface area contributed by atoms with Crippen molar-refractivity contribution in [2.75, 3.05) is 10.7 Å². The minimum Gasteiger partial charge on any atom is -0.323 e. The van der Waals surface area contributed by atoms with Gasteiger partial charge in [-0.3, -0.25) is 25.7 Å². The fourth-order valence-corrected chi connectivity index (χ4v) is 1.78. The summed E-state index contributed by atoms with van der Waals surface area (Å²) in [5.41, 5.74) is 3.82. The van der Waals surface area contributed by atoms with Crippen molar-refractivity contribution in [2.45, 2.75) is 6.92 Å². The molecule has 0 bridgehead atoms. The number of nitrogen functional groups attached to an aromatic ring is 1. The highest BCUT2D eigenvalue weighted by Gasteiger charge is 2.15. The van der Waals surface area contributed by atoms with E-state index in [0.717, 1.165) is 0 Å². The second-order valence-electron chi connectivity index (χ2n) is 4.28. The number of amides is 1. The maximum absolute atomic E-state index is 12.1. The molecule has 0 spiro atoms. The van der Waals surface area contributed by atoms with E-state index in [9.17, 15) is 14.9 Å². The zero-order chi connectivity index (χ0) is 15.4. The number of nitrogens with one attached hydrogen (secondary N) is 2. The van der Waals surface area contributed by atoms with Crippen LogP contribution in [-0.4, -0.2) is 15.8 Å². The second-order valence-corrected chi connectivity index (χ2v) is 4.28. The molecule has 0 aliphatic rings. The number of carbonyl (C=O) groups is 1. The van der Waals surface area contributed by atoms with E-state index in [2.05, 4.69) is 15.7 Å². The van der Waals surface area contributed by atoms with E-state index in [-0.39, 0.29) is 11.3 Å². The molecule has 0 aliphatic carbocycles. The van der Waals surface area contributed by atoms with Crippen molar-refractivity contribution in [2.24, 2.45) is 5.84 Å². The Morgan fingerprint density at radius 2 is 2.14 bits per heavy atom. The quantitative estimate of drug-likeness (QED) is 0.448. The van der Waals surface area contributed by atoms with Crippen molar-refractivity contribution in [3.63, 3.8) is 0 Å². The van der Waals surface area contributed by atoms with Gasteiger partial charge in [-0.1, -0.05) is 6.07 Å². The van der Waals surface area contributed by atoms with Crippen molar-refractivity contribution in [1.82, 2.24) is 4.98 Å². The Balaban J connectivity index is 2.28. The molecule has 4 N–H and O–H groups in total. The van der Waals surface area contributed by atoms with Crippen LogP contribution in [0.4, 0.5) is 17.1 Å². The first-order valence-electron chi connectivity index (χ1n) is 6.00. The lowest BCUT2D eigenvalue weighted by Gasteiger charge is -2.09. The molecule has 21 heavy (non-hydrogen) atoms. The summed E-state index contributed by atoms with van der Waals surface area (Å²) in [6, 6.07) is 6.01. The third-order valence-corrected chi connectivity index (χ3v) is 2.88. The maximum Gasteiger partial charge on any atom is 0.274 e. The first kappa shape index (κ1) is 14.4. The average molecular weight is 287 g/mol. The Morgan fingerprint density at radius 3 is 2.81 bits per heavy atom. The van der Waals surface area contributed by atoms with E-state index in [1.807, 2.05) is 0 Å². The third-order valence-electron chi connectivity index (χ3n) is 2.88. The van der Waals surface area contributed by atoms with Gasteiger partial charge in [0.25, 0.3) is 11.6 Å². The summed E-state index contributed by atoms with van der Waals surface area (Å²) >= 11 is 0. The molecular weight excluding hydrogens is 274 g/mol. The summed E-state index contributed by atoms with van der Waals surface area (Å²) < 4.78 is 0. The number of pyridine rings is 1. The number of rotatable bonds is 4. The topological polar surface area (TPSA) is 123 Å². The Hall–Kier alpha value is -3.00. The average Bonchev–Trinajstić information content (AvgIpc) is 2.48. The molecule has 0 saturated carbocycles. The molecule has 1 amide bonds. The number of hydrazine groups is 1. The first-order chi connectivity index (χ1) is 10.0. The molecule has 108 valence electrons. The number of nitro groups is 1. The SMILES string of the molecule is Cc1ccc(NC(=O)c2cnccc2NN)cc1[N+](=O)[O-]. The number of aromatic nitrogens is 1. The predicted octanol–water partition coefficient (Wildman–Crippen LogP) is 1.84. The van der Waals surface area contributed by atoms with Gasteiger partial charge in [-0.05, 0) is 19.1 Å². The van der Waals surface area contributed by atoms with Crippen LogP contribution in [0.25, 0.3) is 0 Å². The second kappa shape index (κ2) is 5.97. The fraction of sp³-hybridized carbons (Fsp3) is 0.0769.